The Labute approximate surface area is 171 Å². The molecule has 3 rings (SSSR count). The number of ketones is 1. The highest BCUT2D eigenvalue weighted by Gasteiger charge is 2.42. The third kappa shape index (κ3) is 3.72. The standard InChI is InChI=1S/C23H30O6/c1-7-8-14(11-16(24)27-6)17-21-15(9-10-23(4,5)29-21)20(26)18-19(25)12(2)13(3)28-22(17)18/h9-10,12-14,26H,7-8,11H2,1-6H3/t12-,13+,14+/m1/s1. The Bertz CT molecular complexity index is 867. The average molecular weight is 402 g/mol. The first kappa shape index (κ1) is 21.2. The van der Waals surface area contributed by atoms with Crippen molar-refractivity contribution in [3.63, 3.8) is 0 Å². The van der Waals surface area contributed by atoms with E-state index in [1.165, 1.54) is 7.11 Å². The van der Waals surface area contributed by atoms with Crippen LogP contribution < -0.4 is 9.47 Å². The van der Waals surface area contributed by atoms with Crippen LogP contribution in [0.5, 0.6) is 17.2 Å². The predicted octanol–water partition coefficient (Wildman–Crippen LogP) is 4.62. The molecule has 2 aliphatic rings. The van der Waals surface area contributed by atoms with Crippen molar-refractivity contribution in [3.05, 3.63) is 22.8 Å². The number of hydrogen-bond acceptors (Lipinski definition) is 6. The number of fused-ring (bicyclic) bond motifs is 2. The SMILES string of the molecule is CCC[C@@H](CC(=O)OC)c1c2c(c(O)c3c1O[C@@H](C)[C@@H](C)C3=O)C=CC(C)(C)O2. The van der Waals surface area contributed by atoms with Crippen LogP contribution in [0.2, 0.25) is 0 Å². The van der Waals surface area contributed by atoms with Crippen molar-refractivity contribution in [2.24, 2.45) is 5.92 Å². The Morgan fingerprint density at radius 3 is 2.62 bits per heavy atom. The molecule has 2 heterocycles. The van der Waals surface area contributed by atoms with Gasteiger partial charge in [-0.3, -0.25) is 9.59 Å². The van der Waals surface area contributed by atoms with Crippen LogP contribution in [-0.4, -0.2) is 35.7 Å². The first-order valence-electron chi connectivity index (χ1n) is 10.2. The van der Waals surface area contributed by atoms with Gasteiger partial charge in [0.25, 0.3) is 0 Å². The van der Waals surface area contributed by atoms with E-state index >= 15 is 0 Å². The summed E-state index contributed by atoms with van der Waals surface area (Å²) < 4.78 is 17.3. The van der Waals surface area contributed by atoms with E-state index in [0.717, 1.165) is 6.42 Å². The zero-order chi connectivity index (χ0) is 21.5. The van der Waals surface area contributed by atoms with Gasteiger partial charge in [0.2, 0.25) is 0 Å². The van der Waals surface area contributed by atoms with Gasteiger partial charge in [-0.25, -0.2) is 0 Å². The molecule has 0 aromatic heterocycles. The molecule has 1 aromatic rings. The van der Waals surface area contributed by atoms with Gasteiger partial charge in [-0.2, -0.15) is 0 Å². The molecular formula is C23H30O6. The highest BCUT2D eigenvalue weighted by Crippen LogP contribution is 2.53. The summed E-state index contributed by atoms with van der Waals surface area (Å²) in [7, 11) is 1.36. The molecule has 6 nitrogen and oxygen atoms in total. The maximum absolute atomic E-state index is 13.1. The first-order chi connectivity index (χ1) is 13.6. The maximum Gasteiger partial charge on any atom is 0.306 e. The van der Waals surface area contributed by atoms with Gasteiger partial charge < -0.3 is 19.3 Å². The number of benzene rings is 1. The third-order valence-electron chi connectivity index (χ3n) is 5.82. The van der Waals surface area contributed by atoms with Gasteiger partial charge in [0.05, 0.1) is 25.0 Å². The van der Waals surface area contributed by atoms with Crippen molar-refractivity contribution in [1.29, 1.82) is 0 Å². The van der Waals surface area contributed by atoms with Crippen LogP contribution in [0.25, 0.3) is 6.08 Å². The third-order valence-corrected chi connectivity index (χ3v) is 5.82. The number of methoxy groups -OCH3 is 1. The zero-order valence-corrected chi connectivity index (χ0v) is 18.0. The molecule has 0 spiro atoms. The van der Waals surface area contributed by atoms with Crippen molar-refractivity contribution >= 4 is 17.8 Å². The number of carbonyl (C=O) groups excluding carboxylic acids is 2. The number of carbonyl (C=O) groups is 2. The largest absolute Gasteiger partial charge is 0.506 e. The monoisotopic (exact) mass is 402 g/mol. The Kier molecular flexibility index (Phi) is 5.65. The fourth-order valence-corrected chi connectivity index (χ4v) is 4.01. The second-order valence-corrected chi connectivity index (χ2v) is 8.49. The number of rotatable bonds is 5. The summed E-state index contributed by atoms with van der Waals surface area (Å²) in [6.45, 7) is 9.50. The van der Waals surface area contributed by atoms with E-state index < -0.39 is 5.60 Å². The van der Waals surface area contributed by atoms with Crippen LogP contribution in [0, 0.1) is 5.92 Å². The van der Waals surface area contributed by atoms with E-state index in [4.69, 9.17) is 14.2 Å². The Morgan fingerprint density at radius 2 is 2.00 bits per heavy atom. The number of esters is 1. The number of aromatic hydroxyl groups is 1. The normalized spacial score (nSPS) is 22.8. The summed E-state index contributed by atoms with van der Waals surface area (Å²) in [4.78, 5) is 25.2. The zero-order valence-electron chi connectivity index (χ0n) is 18.0. The molecular weight excluding hydrogens is 372 g/mol. The lowest BCUT2D eigenvalue weighted by atomic mass is 9.81. The molecule has 0 saturated carbocycles. The minimum Gasteiger partial charge on any atom is -0.506 e. The Balaban J connectivity index is 2.32. The quantitative estimate of drug-likeness (QED) is 0.724. The van der Waals surface area contributed by atoms with Crippen molar-refractivity contribution in [2.45, 2.75) is 71.5 Å². The van der Waals surface area contributed by atoms with E-state index in [0.29, 0.717) is 29.0 Å². The molecule has 0 amide bonds. The number of hydrogen-bond donors (Lipinski definition) is 1. The van der Waals surface area contributed by atoms with E-state index in [2.05, 4.69) is 0 Å². The molecule has 0 saturated heterocycles. The van der Waals surface area contributed by atoms with Gasteiger partial charge >= 0.3 is 5.97 Å². The maximum atomic E-state index is 13.1. The summed E-state index contributed by atoms with van der Waals surface area (Å²) in [6, 6.07) is 0. The molecule has 2 aliphatic heterocycles. The fraction of sp³-hybridized carbons (Fsp3) is 0.565. The van der Waals surface area contributed by atoms with Crippen molar-refractivity contribution in [3.8, 4) is 17.2 Å². The summed E-state index contributed by atoms with van der Waals surface area (Å²) in [5.74, 6) is -0.445. The second-order valence-electron chi connectivity index (χ2n) is 8.49. The van der Waals surface area contributed by atoms with Crippen LogP contribution in [-0.2, 0) is 9.53 Å². The van der Waals surface area contributed by atoms with E-state index in [1.54, 1.807) is 13.0 Å². The molecule has 158 valence electrons. The smallest absolute Gasteiger partial charge is 0.306 e. The van der Waals surface area contributed by atoms with Crippen LogP contribution in [0.15, 0.2) is 6.08 Å². The minimum atomic E-state index is -0.595. The van der Waals surface area contributed by atoms with E-state index in [1.807, 2.05) is 33.8 Å². The molecule has 0 unspecified atom stereocenters. The number of Topliss-reactive ketones (excluding diaryl/α,β-unsaturated/α-hetero) is 1. The van der Waals surface area contributed by atoms with Gasteiger partial charge in [-0.1, -0.05) is 20.3 Å². The molecule has 6 heteroatoms. The van der Waals surface area contributed by atoms with Crippen LogP contribution in [0.3, 0.4) is 0 Å². The van der Waals surface area contributed by atoms with Crippen LogP contribution in [0.4, 0.5) is 0 Å². The van der Waals surface area contributed by atoms with Gasteiger partial charge in [0.1, 0.15) is 34.5 Å². The van der Waals surface area contributed by atoms with E-state index in [9.17, 15) is 14.7 Å². The highest BCUT2D eigenvalue weighted by atomic mass is 16.5. The molecule has 0 bridgehead atoms. The summed E-state index contributed by atoms with van der Waals surface area (Å²) >= 11 is 0. The lowest BCUT2D eigenvalue weighted by Crippen LogP contribution is -2.36. The topological polar surface area (TPSA) is 82.1 Å². The van der Waals surface area contributed by atoms with Gasteiger partial charge in [0.15, 0.2) is 5.78 Å². The van der Waals surface area contributed by atoms with Crippen molar-refractivity contribution < 1.29 is 28.9 Å². The Hall–Kier alpha value is -2.50. The minimum absolute atomic E-state index is 0.123. The van der Waals surface area contributed by atoms with Gasteiger partial charge in [-0.15, -0.1) is 0 Å². The van der Waals surface area contributed by atoms with E-state index in [-0.39, 0.29) is 47.4 Å². The van der Waals surface area contributed by atoms with Crippen molar-refractivity contribution in [2.75, 3.05) is 7.11 Å². The fourth-order valence-electron chi connectivity index (χ4n) is 4.01. The Morgan fingerprint density at radius 1 is 1.31 bits per heavy atom. The van der Waals surface area contributed by atoms with Gasteiger partial charge in [-0.05, 0) is 39.3 Å². The molecule has 0 fully saturated rings. The molecule has 1 N–H and O–H groups in total. The second kappa shape index (κ2) is 7.73. The molecule has 0 aliphatic carbocycles. The lowest BCUT2D eigenvalue weighted by Gasteiger charge is -2.37. The molecule has 1 aromatic carbocycles. The highest BCUT2D eigenvalue weighted by molar-refractivity contribution is 6.06. The summed E-state index contributed by atoms with van der Waals surface area (Å²) in [6.07, 6.45) is 4.94. The molecule has 29 heavy (non-hydrogen) atoms. The predicted molar refractivity (Wildman–Crippen MR) is 110 cm³/mol. The van der Waals surface area contributed by atoms with Crippen molar-refractivity contribution in [1.82, 2.24) is 0 Å². The average Bonchev–Trinajstić information content (AvgIpc) is 2.65. The number of ether oxygens (including phenoxy) is 3. The summed E-state index contributed by atoms with van der Waals surface area (Å²) in [5.41, 5.74) is 0.720. The number of phenols is 1. The van der Waals surface area contributed by atoms with Gasteiger partial charge in [0, 0.05) is 11.5 Å². The first-order valence-corrected chi connectivity index (χ1v) is 10.2. The number of phenolic OH excluding ortho intramolecular Hbond substituents is 1. The van der Waals surface area contributed by atoms with Crippen LogP contribution >= 0.6 is 0 Å². The van der Waals surface area contributed by atoms with Crippen LogP contribution in [0.1, 0.15) is 81.3 Å². The lowest BCUT2D eigenvalue weighted by molar-refractivity contribution is -0.141. The molecule has 3 atom stereocenters. The summed E-state index contributed by atoms with van der Waals surface area (Å²) in [5, 5.41) is 11.0. The molecule has 0 radical (unpaired) electrons.